The van der Waals surface area contributed by atoms with Crippen LogP contribution in [0, 0.1) is 6.92 Å². The number of hydrogen-bond acceptors (Lipinski definition) is 8. The van der Waals surface area contributed by atoms with Gasteiger partial charge >= 0.3 is 18.1 Å². The molecule has 323 valence electrons. The smallest absolute Gasteiger partial charge is 0.416 e. The van der Waals surface area contributed by atoms with Gasteiger partial charge in [-0.05, 0) is 67.1 Å². The second-order valence-corrected chi connectivity index (χ2v) is 13.8. The molecule has 4 N–H and O–H groups in total. The molecule has 8 rings (SSSR count). The van der Waals surface area contributed by atoms with E-state index in [1.54, 1.807) is 72.8 Å². The third-order valence-corrected chi connectivity index (χ3v) is 9.49. The third kappa shape index (κ3) is 10.2. The Kier molecular flexibility index (Phi) is 14.0. The van der Waals surface area contributed by atoms with E-state index in [9.17, 15) is 43.2 Å². The van der Waals surface area contributed by atoms with Crippen molar-refractivity contribution in [3.05, 3.63) is 191 Å². The molecular weight excluding hydrogens is 872 g/mol. The molecule has 2 aromatic heterocycles. The number of benzene rings is 6. The molecule has 0 aliphatic rings. The van der Waals surface area contributed by atoms with E-state index < -0.39 is 34.9 Å². The number of aromatic carboxylic acids is 2. The van der Waals surface area contributed by atoms with Gasteiger partial charge in [-0.3, -0.25) is 9.98 Å². The SMILES string of the molecule is Cc1ccc(C(=O)O)c(N=Cc2c(-c3ccccc3)nn(-c3ccccc3)c2O)c1.O=C(O)c1ccc(C(F)(F)F)cc1N=Cc1c(-c2ccccc2)nn(-c2ccccc2)c1O.[Co]. The molecule has 0 aliphatic carbocycles. The minimum atomic E-state index is -4.67. The van der Waals surface area contributed by atoms with Crippen LogP contribution in [0.1, 0.15) is 43.0 Å². The van der Waals surface area contributed by atoms with Crippen molar-refractivity contribution >= 4 is 35.7 Å². The van der Waals surface area contributed by atoms with Crippen molar-refractivity contribution in [2.75, 3.05) is 0 Å². The van der Waals surface area contributed by atoms with Crippen LogP contribution in [0.5, 0.6) is 11.8 Å². The van der Waals surface area contributed by atoms with Crippen molar-refractivity contribution in [3.8, 4) is 45.6 Å². The number of para-hydroxylation sites is 2. The van der Waals surface area contributed by atoms with Gasteiger partial charge in [0.2, 0.25) is 11.8 Å². The number of nitrogens with zero attached hydrogens (tertiary/aromatic N) is 6. The zero-order valence-electron chi connectivity index (χ0n) is 33.4. The summed E-state index contributed by atoms with van der Waals surface area (Å²) >= 11 is 0. The summed E-state index contributed by atoms with van der Waals surface area (Å²) in [6.07, 6.45) is -2.09. The van der Waals surface area contributed by atoms with Gasteiger partial charge in [0, 0.05) is 40.3 Å². The van der Waals surface area contributed by atoms with Crippen LogP contribution in [0.4, 0.5) is 24.5 Å². The van der Waals surface area contributed by atoms with Gasteiger partial charge < -0.3 is 20.4 Å². The maximum Gasteiger partial charge on any atom is 0.416 e. The Morgan fingerprint density at radius 2 is 0.938 bits per heavy atom. The largest absolute Gasteiger partial charge is 0.493 e. The second-order valence-electron chi connectivity index (χ2n) is 13.8. The monoisotopic (exact) mass is 907 g/mol. The van der Waals surface area contributed by atoms with Crippen LogP contribution in [0.2, 0.25) is 0 Å². The van der Waals surface area contributed by atoms with Crippen LogP contribution >= 0.6 is 0 Å². The molecule has 8 aromatic rings. The van der Waals surface area contributed by atoms with Gasteiger partial charge in [0.25, 0.3) is 0 Å². The number of carbonyl (C=O) groups is 2. The van der Waals surface area contributed by atoms with Crippen molar-refractivity contribution in [1.82, 2.24) is 19.6 Å². The van der Waals surface area contributed by atoms with E-state index in [2.05, 4.69) is 20.2 Å². The number of aromatic nitrogens is 4. The number of aromatic hydroxyl groups is 2. The van der Waals surface area contributed by atoms with Crippen molar-refractivity contribution < 1.29 is 60.0 Å². The summed E-state index contributed by atoms with van der Waals surface area (Å²) in [4.78, 5) is 31.5. The Morgan fingerprint density at radius 3 is 1.33 bits per heavy atom. The number of aliphatic imine (C=N–C) groups is 2. The van der Waals surface area contributed by atoms with Gasteiger partial charge in [-0.25, -0.2) is 19.0 Å². The number of hydrogen-bond donors (Lipinski definition) is 4. The fourth-order valence-corrected chi connectivity index (χ4v) is 6.39. The molecule has 16 heteroatoms. The van der Waals surface area contributed by atoms with Crippen LogP contribution in [0.15, 0.2) is 168 Å². The topological polar surface area (TPSA) is 175 Å². The van der Waals surface area contributed by atoms with Crippen molar-refractivity contribution in [1.29, 1.82) is 0 Å². The van der Waals surface area contributed by atoms with E-state index in [4.69, 9.17) is 0 Å². The molecule has 0 saturated heterocycles. The number of aryl methyl sites for hydroxylation is 1. The Hall–Kier alpha value is -8.08. The van der Waals surface area contributed by atoms with Crippen LogP contribution in [-0.2, 0) is 23.0 Å². The van der Waals surface area contributed by atoms with Gasteiger partial charge in [-0.1, -0.05) is 103 Å². The Labute approximate surface area is 373 Å². The number of carboxylic acids is 2. The predicted molar refractivity (Wildman–Crippen MR) is 232 cm³/mol. The Bertz CT molecular complexity index is 2980. The second kappa shape index (κ2) is 19.7. The molecule has 64 heavy (non-hydrogen) atoms. The summed E-state index contributed by atoms with van der Waals surface area (Å²) in [6.45, 7) is 1.87. The minimum Gasteiger partial charge on any atom is -0.493 e. The zero-order valence-corrected chi connectivity index (χ0v) is 34.5. The minimum absolute atomic E-state index is 0. The van der Waals surface area contributed by atoms with Crippen LogP contribution < -0.4 is 0 Å². The number of rotatable bonds is 10. The first-order valence-electron chi connectivity index (χ1n) is 19.0. The van der Waals surface area contributed by atoms with Gasteiger partial charge in [0.15, 0.2) is 0 Å². The number of halogens is 3. The van der Waals surface area contributed by atoms with Gasteiger partial charge in [0.1, 0.15) is 11.4 Å². The summed E-state index contributed by atoms with van der Waals surface area (Å²) in [5.74, 6) is -2.86. The molecule has 0 aliphatic heterocycles. The molecule has 0 amide bonds. The normalized spacial score (nSPS) is 11.2. The maximum absolute atomic E-state index is 13.2. The van der Waals surface area contributed by atoms with E-state index in [1.807, 2.05) is 67.6 Å². The van der Waals surface area contributed by atoms with Crippen molar-refractivity contribution in [2.24, 2.45) is 9.98 Å². The van der Waals surface area contributed by atoms with Crippen LogP contribution in [-0.4, -0.2) is 64.4 Å². The van der Waals surface area contributed by atoms with E-state index in [0.29, 0.717) is 51.7 Å². The fraction of sp³-hybridized carbons (Fsp3) is 0.0417. The molecular formula is C48H35CoF3N6O6. The molecule has 2 heterocycles. The summed E-state index contributed by atoms with van der Waals surface area (Å²) < 4.78 is 42.2. The first-order valence-corrected chi connectivity index (χ1v) is 19.0. The molecule has 0 atom stereocenters. The molecule has 0 spiro atoms. The van der Waals surface area contributed by atoms with E-state index >= 15 is 0 Å². The molecule has 6 aromatic carbocycles. The standard InChI is InChI=1S/C24H16F3N3O3.C24H19N3O3.Co/c25-24(26,27)16-11-12-18(23(32)33)20(13-16)28-14-19-21(15-7-3-1-4-8-15)29-30(22(19)31)17-9-5-2-6-10-17;1-16-12-13-19(24(29)30)21(14-16)25-15-20-22(17-8-4-2-5-9-17)26-27(23(20)28)18-10-6-3-7-11-18;/h1-14,31H,(H,32,33);2-15,28H,1H3,(H,29,30);. The van der Waals surface area contributed by atoms with Crippen molar-refractivity contribution in [3.63, 3.8) is 0 Å². The van der Waals surface area contributed by atoms with Crippen molar-refractivity contribution in [2.45, 2.75) is 13.1 Å². The summed E-state index contributed by atoms with van der Waals surface area (Å²) in [5.41, 5.74) is 3.55. The summed E-state index contributed by atoms with van der Waals surface area (Å²) in [6, 6.07) is 43.5. The zero-order chi connectivity index (χ0) is 44.7. The molecule has 0 fully saturated rings. The van der Waals surface area contributed by atoms with E-state index in [-0.39, 0.29) is 39.7 Å². The van der Waals surface area contributed by atoms with Gasteiger partial charge in [0.05, 0.1) is 50.6 Å². The Balaban J connectivity index is 0.000000210. The average molecular weight is 908 g/mol. The van der Waals surface area contributed by atoms with Gasteiger partial charge in [-0.15, -0.1) is 0 Å². The maximum atomic E-state index is 13.2. The van der Waals surface area contributed by atoms with Crippen LogP contribution in [0.3, 0.4) is 0 Å². The number of alkyl halides is 3. The third-order valence-electron chi connectivity index (χ3n) is 9.49. The average Bonchev–Trinajstić information content (AvgIpc) is 3.80. The fourth-order valence-electron chi connectivity index (χ4n) is 6.39. The quantitative estimate of drug-likeness (QED) is 0.0981. The van der Waals surface area contributed by atoms with Crippen LogP contribution in [0.25, 0.3) is 33.9 Å². The molecule has 0 saturated carbocycles. The molecule has 0 bridgehead atoms. The molecule has 12 nitrogen and oxygen atoms in total. The van der Waals surface area contributed by atoms with E-state index in [0.717, 1.165) is 23.4 Å². The number of carboxylic acid groups (broad SMARTS) is 2. The van der Waals surface area contributed by atoms with Gasteiger partial charge in [-0.2, -0.15) is 23.4 Å². The summed E-state index contributed by atoms with van der Waals surface area (Å²) in [5, 5.41) is 49.7. The molecule has 0 unspecified atom stereocenters. The van der Waals surface area contributed by atoms with E-state index in [1.165, 1.54) is 21.6 Å². The predicted octanol–water partition coefficient (Wildman–Crippen LogP) is 10.7. The Morgan fingerprint density at radius 1 is 0.562 bits per heavy atom. The molecule has 1 radical (unpaired) electrons. The summed E-state index contributed by atoms with van der Waals surface area (Å²) in [7, 11) is 0. The first-order chi connectivity index (χ1) is 30.3. The first kappa shape index (κ1) is 45.4.